The zero-order valence-electron chi connectivity index (χ0n) is 8.79. The average Bonchev–Trinajstić information content (AvgIpc) is 2.26. The number of nitrogens with zero attached hydrogens (tertiary/aromatic N) is 3. The van der Waals surface area contributed by atoms with E-state index >= 15 is 0 Å². The van der Waals surface area contributed by atoms with Crippen molar-refractivity contribution in [2.75, 3.05) is 17.8 Å². The average molecular weight is 254 g/mol. The molecule has 1 unspecified atom stereocenters. The smallest absolute Gasteiger partial charge is 0.354 e. The molecule has 0 saturated heterocycles. The number of alkyl halides is 4. The lowest BCUT2D eigenvalue weighted by Gasteiger charge is -2.23. The van der Waals surface area contributed by atoms with Gasteiger partial charge in [0, 0.05) is 19.0 Å². The summed E-state index contributed by atoms with van der Waals surface area (Å²) in [5.74, 6) is 0.722. The summed E-state index contributed by atoms with van der Waals surface area (Å²) in [6.07, 6.45) is -4.46. The molecule has 1 aromatic heterocycles. The van der Waals surface area contributed by atoms with Gasteiger partial charge >= 0.3 is 6.18 Å². The van der Waals surface area contributed by atoms with Gasteiger partial charge in [-0.3, -0.25) is 0 Å². The summed E-state index contributed by atoms with van der Waals surface area (Å²) < 4.78 is 36.6. The first kappa shape index (κ1) is 13.0. The lowest BCUT2D eigenvalue weighted by molar-refractivity contribution is -0.141. The Morgan fingerprint density at radius 2 is 2.00 bits per heavy atom. The third kappa shape index (κ3) is 2.98. The van der Waals surface area contributed by atoms with Crippen LogP contribution in [-0.2, 0) is 6.18 Å². The Hall–Kier alpha value is -1.04. The second-order valence-corrected chi connectivity index (χ2v) is 3.70. The van der Waals surface area contributed by atoms with E-state index in [2.05, 4.69) is 10.2 Å². The van der Waals surface area contributed by atoms with Crippen LogP contribution in [0.4, 0.5) is 19.0 Å². The molecular weight excluding hydrogens is 243 g/mol. The Balaban J connectivity index is 2.87. The Morgan fingerprint density at radius 1 is 1.38 bits per heavy atom. The van der Waals surface area contributed by atoms with Crippen LogP contribution < -0.4 is 4.90 Å². The molecule has 0 bridgehead atoms. The monoisotopic (exact) mass is 253 g/mol. The van der Waals surface area contributed by atoms with Gasteiger partial charge in [-0.2, -0.15) is 13.2 Å². The maximum Gasteiger partial charge on any atom is 0.435 e. The standard InChI is InChI=1S/C9H11ClF3N3/c1-6(5-10)16(2)8-4-3-7(14-15-8)9(11,12)13/h3-4,6H,5H2,1-2H3. The van der Waals surface area contributed by atoms with E-state index in [0.717, 1.165) is 6.07 Å². The van der Waals surface area contributed by atoms with Gasteiger partial charge in [-0.1, -0.05) is 0 Å². The second kappa shape index (κ2) is 4.86. The van der Waals surface area contributed by atoms with Gasteiger partial charge in [0.2, 0.25) is 0 Å². The molecule has 1 atom stereocenters. The van der Waals surface area contributed by atoms with Gasteiger partial charge in [0.25, 0.3) is 0 Å². The van der Waals surface area contributed by atoms with Crippen LogP contribution >= 0.6 is 11.6 Å². The second-order valence-electron chi connectivity index (χ2n) is 3.39. The SMILES string of the molecule is CC(CCl)N(C)c1ccc(C(F)(F)F)nn1. The van der Waals surface area contributed by atoms with Crippen molar-refractivity contribution >= 4 is 17.4 Å². The molecule has 0 N–H and O–H groups in total. The van der Waals surface area contributed by atoms with E-state index in [1.54, 1.807) is 11.9 Å². The molecule has 1 aromatic rings. The van der Waals surface area contributed by atoms with Crippen LogP contribution in [0.5, 0.6) is 0 Å². The van der Waals surface area contributed by atoms with Gasteiger partial charge in [-0.25, -0.2) is 0 Å². The fourth-order valence-electron chi connectivity index (χ4n) is 0.994. The minimum absolute atomic E-state index is 0.0206. The molecule has 0 amide bonds. The van der Waals surface area contributed by atoms with Crippen molar-refractivity contribution in [1.29, 1.82) is 0 Å². The van der Waals surface area contributed by atoms with E-state index in [4.69, 9.17) is 11.6 Å². The summed E-state index contributed by atoms with van der Waals surface area (Å²) in [4.78, 5) is 1.67. The van der Waals surface area contributed by atoms with Gasteiger partial charge in [-0.15, -0.1) is 21.8 Å². The first-order chi connectivity index (χ1) is 7.36. The maximum absolute atomic E-state index is 12.2. The van der Waals surface area contributed by atoms with E-state index in [9.17, 15) is 13.2 Å². The lowest BCUT2D eigenvalue weighted by atomic mass is 10.3. The van der Waals surface area contributed by atoms with Crippen molar-refractivity contribution in [2.45, 2.75) is 19.1 Å². The van der Waals surface area contributed by atoms with Crippen molar-refractivity contribution in [3.63, 3.8) is 0 Å². The molecule has 0 fully saturated rings. The van der Waals surface area contributed by atoms with E-state index < -0.39 is 11.9 Å². The Bertz CT molecular complexity index is 339. The van der Waals surface area contributed by atoms with Crippen LogP contribution in [0.1, 0.15) is 12.6 Å². The normalized spacial score (nSPS) is 13.6. The van der Waals surface area contributed by atoms with Crippen LogP contribution in [0.3, 0.4) is 0 Å². The number of halogens is 4. The molecule has 0 spiro atoms. The van der Waals surface area contributed by atoms with E-state index in [1.165, 1.54) is 6.07 Å². The van der Waals surface area contributed by atoms with Crippen LogP contribution in [0, 0.1) is 0 Å². The van der Waals surface area contributed by atoms with Crippen molar-refractivity contribution in [3.05, 3.63) is 17.8 Å². The summed E-state index contributed by atoms with van der Waals surface area (Å²) in [5, 5.41) is 6.64. The number of rotatable bonds is 3. The predicted molar refractivity (Wildman–Crippen MR) is 55.6 cm³/mol. The molecular formula is C9H11ClF3N3. The van der Waals surface area contributed by atoms with Gasteiger partial charge in [0.1, 0.15) is 0 Å². The number of anilines is 1. The Morgan fingerprint density at radius 3 is 2.38 bits per heavy atom. The lowest BCUT2D eigenvalue weighted by Crippen LogP contribution is -2.31. The zero-order chi connectivity index (χ0) is 12.3. The third-order valence-corrected chi connectivity index (χ3v) is 2.63. The predicted octanol–water partition coefficient (Wildman–Crippen LogP) is 2.56. The fourth-order valence-corrected chi connectivity index (χ4v) is 1.20. The van der Waals surface area contributed by atoms with Crippen molar-refractivity contribution in [1.82, 2.24) is 10.2 Å². The van der Waals surface area contributed by atoms with Gasteiger partial charge < -0.3 is 4.90 Å². The van der Waals surface area contributed by atoms with Crippen LogP contribution in [0.2, 0.25) is 0 Å². The van der Waals surface area contributed by atoms with Gasteiger partial charge in [0.15, 0.2) is 11.5 Å². The van der Waals surface area contributed by atoms with Crippen molar-refractivity contribution < 1.29 is 13.2 Å². The molecule has 0 aliphatic heterocycles. The van der Waals surface area contributed by atoms with Gasteiger partial charge in [0.05, 0.1) is 0 Å². The maximum atomic E-state index is 12.2. The van der Waals surface area contributed by atoms with Crippen molar-refractivity contribution in [3.8, 4) is 0 Å². The molecule has 0 aromatic carbocycles. The fraction of sp³-hybridized carbons (Fsp3) is 0.556. The first-order valence-electron chi connectivity index (χ1n) is 4.56. The highest BCUT2D eigenvalue weighted by Gasteiger charge is 2.33. The summed E-state index contributed by atoms with van der Waals surface area (Å²) in [6, 6.07) is 2.16. The highest BCUT2D eigenvalue weighted by atomic mass is 35.5. The summed E-state index contributed by atoms with van der Waals surface area (Å²) in [6.45, 7) is 1.84. The largest absolute Gasteiger partial charge is 0.435 e. The molecule has 16 heavy (non-hydrogen) atoms. The number of aromatic nitrogens is 2. The van der Waals surface area contributed by atoms with Crippen molar-refractivity contribution in [2.24, 2.45) is 0 Å². The first-order valence-corrected chi connectivity index (χ1v) is 5.09. The summed E-state index contributed by atoms with van der Waals surface area (Å²) >= 11 is 5.63. The van der Waals surface area contributed by atoms with Crippen LogP contribution in [-0.4, -0.2) is 29.2 Å². The molecule has 3 nitrogen and oxygen atoms in total. The minimum atomic E-state index is -4.46. The Kier molecular flexibility index (Phi) is 3.96. The topological polar surface area (TPSA) is 29.0 Å². The van der Waals surface area contributed by atoms with E-state index in [-0.39, 0.29) is 6.04 Å². The molecule has 90 valence electrons. The molecule has 1 heterocycles. The molecule has 0 aliphatic rings. The zero-order valence-corrected chi connectivity index (χ0v) is 9.55. The molecule has 7 heteroatoms. The molecule has 1 rings (SSSR count). The highest BCUT2D eigenvalue weighted by Crippen LogP contribution is 2.27. The number of hydrogen-bond acceptors (Lipinski definition) is 3. The van der Waals surface area contributed by atoms with E-state index in [1.807, 2.05) is 6.92 Å². The molecule has 0 radical (unpaired) electrons. The van der Waals surface area contributed by atoms with E-state index in [0.29, 0.717) is 11.7 Å². The summed E-state index contributed by atoms with van der Waals surface area (Å²) in [7, 11) is 1.70. The quantitative estimate of drug-likeness (QED) is 0.776. The highest BCUT2D eigenvalue weighted by molar-refractivity contribution is 6.18. The van der Waals surface area contributed by atoms with Gasteiger partial charge in [-0.05, 0) is 19.1 Å². The third-order valence-electron chi connectivity index (χ3n) is 2.19. The minimum Gasteiger partial charge on any atom is -0.354 e. The van der Waals surface area contributed by atoms with Crippen LogP contribution in [0.15, 0.2) is 12.1 Å². The number of hydrogen-bond donors (Lipinski definition) is 0. The molecule has 0 aliphatic carbocycles. The molecule has 0 saturated carbocycles. The summed E-state index contributed by atoms with van der Waals surface area (Å²) in [5.41, 5.74) is -0.997. The Labute approximate surface area is 96.2 Å². The van der Waals surface area contributed by atoms with Crippen LogP contribution in [0.25, 0.3) is 0 Å².